The van der Waals surface area contributed by atoms with Gasteiger partial charge in [-0.05, 0) is 16.2 Å². The molecule has 0 fully saturated rings. The molecule has 104 valence electrons. The zero-order chi connectivity index (χ0) is 14.5. The summed E-state index contributed by atoms with van der Waals surface area (Å²) in [6, 6.07) is 29.9. The summed E-state index contributed by atoms with van der Waals surface area (Å²) >= 11 is 6.23. The van der Waals surface area contributed by atoms with Gasteiger partial charge < -0.3 is 0 Å². The number of hydrogen-bond donors (Lipinski definition) is 0. The van der Waals surface area contributed by atoms with Gasteiger partial charge in [-0.3, -0.25) is 0 Å². The molecule has 0 spiro atoms. The first kappa shape index (κ1) is 14.3. The third-order valence-corrected chi connectivity index (χ3v) is 8.32. The van der Waals surface area contributed by atoms with E-state index in [2.05, 4.69) is 91.0 Å². The fraction of sp³-hybridized carbons (Fsp3) is 0.0526. The Kier molecular flexibility index (Phi) is 4.34. The van der Waals surface area contributed by atoms with Crippen LogP contribution in [0.3, 0.4) is 0 Å². The molecule has 0 nitrogen and oxygen atoms in total. The summed E-state index contributed by atoms with van der Waals surface area (Å²) in [6.45, 7) is 0. The minimum absolute atomic E-state index is 0.928. The molecule has 0 N–H and O–H groups in total. The Morgan fingerprint density at radius 3 is 1.38 bits per heavy atom. The summed E-state index contributed by atoms with van der Waals surface area (Å²) in [7, 11) is 0. The van der Waals surface area contributed by atoms with E-state index in [4.69, 9.17) is 11.8 Å². The maximum atomic E-state index is 6.23. The average molecular weight is 308 g/mol. The molecule has 0 unspecified atom stereocenters. The summed E-state index contributed by atoms with van der Waals surface area (Å²) in [5, 5.41) is 2.57. The van der Waals surface area contributed by atoms with Crippen molar-refractivity contribution in [1.82, 2.24) is 0 Å². The second-order valence-electron chi connectivity index (χ2n) is 5.05. The summed E-state index contributed by atoms with van der Waals surface area (Å²) in [6.07, 6.45) is 0.928. The minimum Gasteiger partial charge on any atom is -0.0873 e. The highest BCUT2D eigenvalue weighted by molar-refractivity contribution is 8.21. The number of rotatable bonds is 4. The Hall–Kier alpha value is -1.69. The first-order valence-electron chi connectivity index (χ1n) is 7.03. The Morgan fingerprint density at radius 1 is 0.571 bits per heavy atom. The molecule has 21 heavy (non-hydrogen) atoms. The Morgan fingerprint density at radius 2 is 0.952 bits per heavy atom. The standard InChI is InChI=1S/C19H17PS/c21-20(18-12-6-2-7-13-18,19-14-8-3-9-15-19)16-17-10-4-1-5-11-17/h1-15H,16H2. The molecular weight excluding hydrogens is 291 g/mol. The average Bonchev–Trinajstić information content (AvgIpc) is 2.57. The topological polar surface area (TPSA) is 0 Å². The van der Waals surface area contributed by atoms with Crippen molar-refractivity contribution < 1.29 is 0 Å². The molecule has 0 bridgehead atoms. The van der Waals surface area contributed by atoms with Gasteiger partial charge in [-0.2, -0.15) is 0 Å². The van der Waals surface area contributed by atoms with Crippen LogP contribution in [-0.2, 0) is 18.0 Å². The van der Waals surface area contributed by atoms with Crippen LogP contribution in [0.15, 0.2) is 91.0 Å². The molecule has 0 aromatic heterocycles. The largest absolute Gasteiger partial charge is 0.0873 e. The van der Waals surface area contributed by atoms with Crippen molar-refractivity contribution >= 4 is 28.5 Å². The molecule has 3 aromatic carbocycles. The normalized spacial score (nSPS) is 11.2. The maximum Gasteiger partial charge on any atom is 0.0147 e. The van der Waals surface area contributed by atoms with Gasteiger partial charge in [-0.25, -0.2) is 0 Å². The van der Waals surface area contributed by atoms with Crippen LogP contribution in [0, 0.1) is 0 Å². The predicted octanol–water partition coefficient (Wildman–Crippen LogP) is 4.32. The van der Waals surface area contributed by atoms with Crippen molar-refractivity contribution in [2.75, 3.05) is 0 Å². The molecule has 0 aliphatic carbocycles. The Labute approximate surface area is 131 Å². The van der Waals surface area contributed by atoms with E-state index in [1.807, 2.05) is 0 Å². The lowest BCUT2D eigenvalue weighted by atomic mass is 10.2. The molecule has 3 aromatic rings. The Bertz CT molecular complexity index is 693. The van der Waals surface area contributed by atoms with E-state index < -0.39 is 6.04 Å². The van der Waals surface area contributed by atoms with Crippen LogP contribution in [0.5, 0.6) is 0 Å². The van der Waals surface area contributed by atoms with Crippen molar-refractivity contribution in [3.05, 3.63) is 96.6 Å². The van der Waals surface area contributed by atoms with Crippen LogP contribution in [-0.4, -0.2) is 0 Å². The van der Waals surface area contributed by atoms with E-state index in [0.717, 1.165) is 6.16 Å². The molecule has 0 radical (unpaired) electrons. The lowest BCUT2D eigenvalue weighted by molar-refractivity contribution is 1.40. The van der Waals surface area contributed by atoms with Gasteiger partial charge in [0.25, 0.3) is 0 Å². The molecule has 3 rings (SSSR count). The van der Waals surface area contributed by atoms with Crippen LogP contribution in [0.4, 0.5) is 0 Å². The zero-order valence-corrected chi connectivity index (χ0v) is 13.4. The molecule has 0 heterocycles. The zero-order valence-electron chi connectivity index (χ0n) is 11.7. The highest BCUT2D eigenvalue weighted by Crippen LogP contribution is 2.47. The van der Waals surface area contributed by atoms with E-state index in [1.165, 1.54) is 16.2 Å². The molecule has 0 saturated carbocycles. The van der Waals surface area contributed by atoms with Crippen molar-refractivity contribution in [2.45, 2.75) is 6.16 Å². The van der Waals surface area contributed by atoms with Gasteiger partial charge in [0.15, 0.2) is 0 Å². The lowest BCUT2D eigenvalue weighted by Crippen LogP contribution is -2.17. The monoisotopic (exact) mass is 308 g/mol. The van der Waals surface area contributed by atoms with Crippen molar-refractivity contribution in [3.63, 3.8) is 0 Å². The first-order valence-corrected chi connectivity index (χ1v) is 10.0. The van der Waals surface area contributed by atoms with Crippen LogP contribution in [0.1, 0.15) is 5.56 Å². The minimum atomic E-state index is -1.81. The molecule has 0 atom stereocenters. The van der Waals surface area contributed by atoms with Crippen LogP contribution in [0.2, 0.25) is 0 Å². The second-order valence-corrected chi connectivity index (χ2v) is 9.75. The van der Waals surface area contributed by atoms with Crippen molar-refractivity contribution in [3.8, 4) is 0 Å². The second kappa shape index (κ2) is 6.39. The van der Waals surface area contributed by atoms with Crippen LogP contribution < -0.4 is 10.6 Å². The van der Waals surface area contributed by atoms with Crippen molar-refractivity contribution in [2.24, 2.45) is 0 Å². The fourth-order valence-electron chi connectivity index (χ4n) is 2.51. The van der Waals surface area contributed by atoms with Crippen molar-refractivity contribution in [1.29, 1.82) is 0 Å². The highest BCUT2D eigenvalue weighted by Gasteiger charge is 2.22. The first-order chi connectivity index (χ1) is 10.3. The van der Waals surface area contributed by atoms with E-state index in [9.17, 15) is 0 Å². The summed E-state index contributed by atoms with van der Waals surface area (Å²) in [5.74, 6) is 0. The van der Waals surface area contributed by atoms with E-state index in [-0.39, 0.29) is 0 Å². The molecule has 2 heteroatoms. The summed E-state index contributed by atoms with van der Waals surface area (Å²) in [5.41, 5.74) is 1.31. The van der Waals surface area contributed by atoms with Gasteiger partial charge >= 0.3 is 0 Å². The summed E-state index contributed by atoms with van der Waals surface area (Å²) in [4.78, 5) is 0. The molecule has 0 amide bonds. The van der Waals surface area contributed by atoms with Gasteiger partial charge in [0.2, 0.25) is 0 Å². The molecule has 0 aliphatic rings. The quantitative estimate of drug-likeness (QED) is 0.647. The molecular formula is C19H17PS. The SMILES string of the molecule is S=P(Cc1ccccc1)(c1ccccc1)c1ccccc1. The summed E-state index contributed by atoms with van der Waals surface area (Å²) < 4.78 is 0. The van der Waals surface area contributed by atoms with Gasteiger partial charge in [-0.15, -0.1) is 0 Å². The number of benzene rings is 3. The van der Waals surface area contributed by atoms with Crippen LogP contribution >= 0.6 is 6.04 Å². The number of hydrogen-bond acceptors (Lipinski definition) is 1. The van der Waals surface area contributed by atoms with E-state index >= 15 is 0 Å². The van der Waals surface area contributed by atoms with Gasteiger partial charge in [0, 0.05) is 12.2 Å². The van der Waals surface area contributed by atoms with Gasteiger partial charge in [0.05, 0.1) is 0 Å². The van der Waals surface area contributed by atoms with E-state index in [1.54, 1.807) is 0 Å². The van der Waals surface area contributed by atoms with Crippen LogP contribution in [0.25, 0.3) is 0 Å². The Balaban J connectivity index is 2.10. The van der Waals surface area contributed by atoms with Gasteiger partial charge in [-0.1, -0.05) is 103 Å². The third-order valence-electron chi connectivity index (χ3n) is 3.59. The van der Waals surface area contributed by atoms with Gasteiger partial charge in [0.1, 0.15) is 0 Å². The highest BCUT2D eigenvalue weighted by atomic mass is 32.4. The molecule has 0 aliphatic heterocycles. The van der Waals surface area contributed by atoms with E-state index in [0.29, 0.717) is 0 Å². The fourth-order valence-corrected chi connectivity index (χ4v) is 6.38. The smallest absolute Gasteiger partial charge is 0.0147 e. The molecule has 0 saturated heterocycles. The maximum absolute atomic E-state index is 6.23. The predicted molar refractivity (Wildman–Crippen MR) is 96.6 cm³/mol. The third kappa shape index (κ3) is 3.15. The lowest BCUT2D eigenvalue weighted by Gasteiger charge is -2.23.